The molecule has 0 atom stereocenters. The first-order chi connectivity index (χ1) is 7.38. The van der Waals surface area contributed by atoms with Crippen molar-refractivity contribution in [3.8, 4) is 0 Å². The zero-order valence-electron chi connectivity index (χ0n) is 8.42. The van der Waals surface area contributed by atoms with Gasteiger partial charge in [-0.25, -0.2) is 9.67 Å². The van der Waals surface area contributed by atoms with Crippen molar-refractivity contribution in [2.24, 2.45) is 0 Å². The third-order valence-electron chi connectivity index (χ3n) is 1.76. The molecule has 0 amide bonds. The molecule has 2 heterocycles. The van der Waals surface area contributed by atoms with Crippen LogP contribution in [0.1, 0.15) is 18.4 Å². The molecule has 2 rings (SSSR count). The average molecular weight is 224 g/mol. The van der Waals surface area contributed by atoms with Crippen molar-refractivity contribution in [3.05, 3.63) is 17.7 Å². The first-order valence-corrected chi connectivity index (χ1v) is 5.59. The number of aromatic nitrogens is 5. The predicted molar refractivity (Wildman–Crippen MR) is 57.8 cm³/mol. The Bertz CT molecular complexity index is 395. The Hall–Kier alpha value is -1.50. The lowest BCUT2D eigenvalue weighted by molar-refractivity contribution is 0.675. The topological polar surface area (TPSA) is 68.5 Å². The number of hydrogen-bond donors (Lipinski definition) is 1. The van der Waals surface area contributed by atoms with E-state index in [4.69, 9.17) is 0 Å². The van der Waals surface area contributed by atoms with Crippen molar-refractivity contribution < 1.29 is 0 Å². The van der Waals surface area contributed by atoms with E-state index >= 15 is 0 Å². The number of anilines is 1. The molecule has 0 fully saturated rings. The van der Waals surface area contributed by atoms with Gasteiger partial charge < -0.3 is 5.32 Å². The van der Waals surface area contributed by atoms with E-state index in [1.165, 1.54) is 6.33 Å². The van der Waals surface area contributed by atoms with Crippen molar-refractivity contribution in [2.75, 3.05) is 11.9 Å². The van der Waals surface area contributed by atoms with E-state index in [2.05, 4.69) is 32.5 Å². The van der Waals surface area contributed by atoms with Crippen LogP contribution in [0.25, 0.3) is 0 Å². The van der Waals surface area contributed by atoms with Crippen molar-refractivity contribution in [1.82, 2.24) is 25.0 Å². The Morgan fingerprint density at radius 1 is 1.47 bits per heavy atom. The van der Waals surface area contributed by atoms with Gasteiger partial charge in [-0.2, -0.15) is 5.10 Å². The van der Waals surface area contributed by atoms with Gasteiger partial charge in [0, 0.05) is 6.54 Å². The van der Waals surface area contributed by atoms with Crippen LogP contribution in [0.5, 0.6) is 0 Å². The molecule has 6 nitrogen and oxygen atoms in total. The molecule has 1 N–H and O–H groups in total. The van der Waals surface area contributed by atoms with Crippen LogP contribution >= 0.6 is 11.3 Å². The molecular formula is C8H12N6S. The van der Waals surface area contributed by atoms with Crippen LogP contribution in [0.15, 0.2) is 12.7 Å². The maximum Gasteiger partial charge on any atom is 0.205 e. The Kier molecular flexibility index (Phi) is 3.23. The normalized spacial score (nSPS) is 10.5. The van der Waals surface area contributed by atoms with E-state index in [1.807, 2.05) is 0 Å². The van der Waals surface area contributed by atoms with Gasteiger partial charge in [0.05, 0.1) is 6.54 Å². The lowest BCUT2D eigenvalue weighted by Crippen LogP contribution is -1.99. The highest BCUT2D eigenvalue weighted by Crippen LogP contribution is 2.15. The molecule has 0 spiro atoms. The summed E-state index contributed by atoms with van der Waals surface area (Å²) in [6.07, 6.45) is 4.26. The number of nitrogens with one attached hydrogen (secondary N) is 1. The molecule has 7 heteroatoms. The van der Waals surface area contributed by atoms with Crippen molar-refractivity contribution >= 4 is 16.5 Å². The molecule has 0 aromatic carbocycles. The van der Waals surface area contributed by atoms with E-state index in [1.54, 1.807) is 22.3 Å². The number of nitrogens with zero attached hydrogens (tertiary/aromatic N) is 5. The molecule has 0 bridgehead atoms. The largest absolute Gasteiger partial charge is 0.360 e. The van der Waals surface area contributed by atoms with Crippen LogP contribution in [0.2, 0.25) is 0 Å². The molecule has 2 aromatic heterocycles. The smallest absolute Gasteiger partial charge is 0.205 e. The van der Waals surface area contributed by atoms with Crippen LogP contribution < -0.4 is 5.32 Å². The van der Waals surface area contributed by atoms with Crippen molar-refractivity contribution in [2.45, 2.75) is 19.9 Å². The molecule has 15 heavy (non-hydrogen) atoms. The minimum Gasteiger partial charge on any atom is -0.360 e. The molecule has 0 saturated heterocycles. The van der Waals surface area contributed by atoms with Gasteiger partial charge in [-0.15, -0.1) is 10.2 Å². The maximum absolute atomic E-state index is 4.06. The average Bonchev–Trinajstić information content (AvgIpc) is 2.87. The van der Waals surface area contributed by atoms with Crippen LogP contribution in [-0.4, -0.2) is 31.5 Å². The summed E-state index contributed by atoms with van der Waals surface area (Å²) < 4.78 is 1.73. The van der Waals surface area contributed by atoms with Gasteiger partial charge in [0.15, 0.2) is 0 Å². The van der Waals surface area contributed by atoms with E-state index < -0.39 is 0 Å². The van der Waals surface area contributed by atoms with E-state index in [0.717, 1.165) is 23.1 Å². The van der Waals surface area contributed by atoms with Gasteiger partial charge in [-0.3, -0.25) is 0 Å². The quantitative estimate of drug-likeness (QED) is 0.820. The fraction of sp³-hybridized carbons (Fsp3) is 0.500. The van der Waals surface area contributed by atoms with Gasteiger partial charge in [-0.05, 0) is 6.42 Å². The van der Waals surface area contributed by atoms with Gasteiger partial charge in [-0.1, -0.05) is 18.3 Å². The number of rotatable bonds is 5. The fourth-order valence-corrected chi connectivity index (χ4v) is 1.83. The summed E-state index contributed by atoms with van der Waals surface area (Å²) in [5, 5.41) is 17.1. The zero-order valence-corrected chi connectivity index (χ0v) is 9.24. The van der Waals surface area contributed by atoms with Crippen molar-refractivity contribution in [3.63, 3.8) is 0 Å². The van der Waals surface area contributed by atoms with Crippen LogP contribution in [0.4, 0.5) is 5.13 Å². The maximum atomic E-state index is 4.06. The molecule has 0 aliphatic rings. The van der Waals surface area contributed by atoms with Gasteiger partial charge in [0.25, 0.3) is 0 Å². The monoisotopic (exact) mass is 224 g/mol. The summed E-state index contributed by atoms with van der Waals surface area (Å²) >= 11 is 1.55. The molecule has 2 aromatic rings. The molecular weight excluding hydrogens is 212 g/mol. The van der Waals surface area contributed by atoms with Crippen LogP contribution in [0, 0.1) is 0 Å². The second-order valence-corrected chi connectivity index (χ2v) is 4.08. The third-order valence-corrected chi connectivity index (χ3v) is 2.62. The Morgan fingerprint density at radius 3 is 3.13 bits per heavy atom. The summed E-state index contributed by atoms with van der Waals surface area (Å²) in [6.45, 7) is 3.67. The Balaban J connectivity index is 1.95. The molecule has 0 saturated carbocycles. The minimum atomic E-state index is 0.630. The predicted octanol–water partition coefficient (Wildman–Crippen LogP) is 1.000. The van der Waals surface area contributed by atoms with E-state index in [9.17, 15) is 0 Å². The number of hydrogen-bond acceptors (Lipinski definition) is 6. The first-order valence-electron chi connectivity index (χ1n) is 4.77. The SMILES string of the molecule is CCCNc1nnc(Cn2cncn2)s1. The van der Waals surface area contributed by atoms with Gasteiger partial charge >= 0.3 is 0 Å². The standard InChI is InChI=1S/C8H12N6S/c1-2-3-10-8-13-12-7(15-8)4-14-6-9-5-11-14/h5-6H,2-4H2,1H3,(H,10,13). The second-order valence-electron chi connectivity index (χ2n) is 3.02. The minimum absolute atomic E-state index is 0.630. The second kappa shape index (κ2) is 4.83. The molecule has 0 unspecified atom stereocenters. The van der Waals surface area contributed by atoms with Gasteiger partial charge in [0.1, 0.15) is 17.7 Å². The Morgan fingerprint density at radius 2 is 2.40 bits per heavy atom. The molecule has 0 radical (unpaired) electrons. The summed E-state index contributed by atoms with van der Waals surface area (Å²) in [4.78, 5) is 3.87. The summed E-state index contributed by atoms with van der Waals surface area (Å²) in [6, 6.07) is 0. The highest BCUT2D eigenvalue weighted by atomic mass is 32.1. The van der Waals surface area contributed by atoms with Crippen LogP contribution in [0.3, 0.4) is 0 Å². The molecule has 0 aliphatic heterocycles. The lowest BCUT2D eigenvalue weighted by atomic mass is 10.5. The summed E-state index contributed by atoms with van der Waals surface area (Å²) in [5.74, 6) is 0. The third kappa shape index (κ3) is 2.72. The summed E-state index contributed by atoms with van der Waals surface area (Å²) in [7, 11) is 0. The molecule has 0 aliphatic carbocycles. The molecule has 80 valence electrons. The van der Waals surface area contributed by atoms with E-state index in [0.29, 0.717) is 6.54 Å². The highest BCUT2D eigenvalue weighted by Gasteiger charge is 2.03. The van der Waals surface area contributed by atoms with E-state index in [-0.39, 0.29) is 0 Å². The van der Waals surface area contributed by atoms with Crippen LogP contribution in [-0.2, 0) is 6.54 Å². The van der Waals surface area contributed by atoms with Gasteiger partial charge in [0.2, 0.25) is 5.13 Å². The highest BCUT2D eigenvalue weighted by molar-refractivity contribution is 7.15. The van der Waals surface area contributed by atoms with Crippen molar-refractivity contribution in [1.29, 1.82) is 0 Å². The summed E-state index contributed by atoms with van der Waals surface area (Å²) in [5.41, 5.74) is 0. The Labute approximate surface area is 91.4 Å². The fourth-order valence-electron chi connectivity index (χ4n) is 1.07. The first kappa shape index (κ1) is 10.0. The zero-order chi connectivity index (χ0) is 10.5. The lowest BCUT2D eigenvalue weighted by Gasteiger charge is -1.95.